The highest BCUT2D eigenvalue weighted by Gasteiger charge is 2.21. The lowest BCUT2D eigenvalue weighted by Crippen LogP contribution is -1.97. The van der Waals surface area contributed by atoms with Gasteiger partial charge in [-0.1, -0.05) is 86.3 Å². The first-order chi connectivity index (χ1) is 10.1. The highest BCUT2D eigenvalue weighted by atomic mass is 32.2. The number of allylic oxidation sites excluding steroid dienone is 6. The second kappa shape index (κ2) is 6.88. The van der Waals surface area contributed by atoms with Crippen LogP contribution in [0.25, 0.3) is 0 Å². The van der Waals surface area contributed by atoms with Crippen LogP contribution in [0.4, 0.5) is 0 Å². The molecule has 0 N–H and O–H groups in total. The van der Waals surface area contributed by atoms with Crippen molar-refractivity contribution in [3.05, 3.63) is 95.3 Å². The van der Waals surface area contributed by atoms with Crippen molar-refractivity contribution in [1.29, 1.82) is 0 Å². The van der Waals surface area contributed by atoms with Gasteiger partial charge in [0, 0.05) is 19.6 Å². The van der Waals surface area contributed by atoms with Crippen LogP contribution in [0.1, 0.15) is 5.56 Å². The molecule has 1 aromatic carbocycles. The molecular weight excluding hydrogens is 292 g/mol. The lowest BCUT2D eigenvalue weighted by molar-refractivity contribution is 1.17. The van der Waals surface area contributed by atoms with Gasteiger partial charge in [-0.2, -0.15) is 0 Å². The number of hydrogen-bond donors (Lipinski definition) is 0. The van der Waals surface area contributed by atoms with Crippen LogP contribution in [0.2, 0.25) is 0 Å². The SMILES string of the molecule is C=C/C=C\C(=C)C(=C)C1=C(C=C)Sc2cccc(C)c2S1. The van der Waals surface area contributed by atoms with E-state index in [0.29, 0.717) is 0 Å². The summed E-state index contributed by atoms with van der Waals surface area (Å²) in [6, 6.07) is 6.38. The van der Waals surface area contributed by atoms with Gasteiger partial charge < -0.3 is 0 Å². The number of aryl methyl sites for hydroxylation is 1. The highest BCUT2D eigenvalue weighted by molar-refractivity contribution is 8.09. The first kappa shape index (κ1) is 15.7. The summed E-state index contributed by atoms with van der Waals surface area (Å²) in [4.78, 5) is 4.84. The van der Waals surface area contributed by atoms with Crippen molar-refractivity contribution in [3.63, 3.8) is 0 Å². The van der Waals surface area contributed by atoms with E-state index in [1.807, 2.05) is 18.2 Å². The molecule has 21 heavy (non-hydrogen) atoms. The Morgan fingerprint density at radius 1 is 1.14 bits per heavy atom. The zero-order chi connectivity index (χ0) is 15.4. The molecule has 0 spiro atoms. The van der Waals surface area contributed by atoms with Gasteiger partial charge >= 0.3 is 0 Å². The van der Waals surface area contributed by atoms with Gasteiger partial charge in [0.25, 0.3) is 0 Å². The maximum Gasteiger partial charge on any atom is 0.0334 e. The summed E-state index contributed by atoms with van der Waals surface area (Å²) in [6.45, 7) is 18.1. The molecule has 0 fully saturated rings. The van der Waals surface area contributed by atoms with E-state index in [9.17, 15) is 0 Å². The second-order valence-corrected chi connectivity index (χ2v) is 6.71. The maximum atomic E-state index is 4.21. The van der Waals surface area contributed by atoms with Gasteiger partial charge in [0.1, 0.15) is 0 Å². The fourth-order valence-corrected chi connectivity index (χ4v) is 4.41. The molecule has 0 aliphatic carbocycles. The highest BCUT2D eigenvalue weighted by Crippen LogP contribution is 2.51. The van der Waals surface area contributed by atoms with Crippen LogP contribution in [0.15, 0.2) is 99.6 Å². The van der Waals surface area contributed by atoms with E-state index in [2.05, 4.69) is 51.4 Å². The first-order valence-corrected chi connectivity index (χ1v) is 8.21. The van der Waals surface area contributed by atoms with Crippen LogP contribution in [-0.2, 0) is 0 Å². The maximum absolute atomic E-state index is 4.21. The Bertz CT molecular complexity index is 688. The molecule has 106 valence electrons. The first-order valence-electron chi connectivity index (χ1n) is 6.58. The van der Waals surface area contributed by atoms with Crippen LogP contribution < -0.4 is 0 Å². The largest absolute Gasteiger partial charge is 0.0991 e. The molecule has 1 aliphatic rings. The lowest BCUT2D eigenvalue weighted by atomic mass is 10.1. The van der Waals surface area contributed by atoms with Crippen molar-refractivity contribution in [2.45, 2.75) is 16.7 Å². The number of benzene rings is 1. The molecule has 2 heteroatoms. The molecule has 0 bridgehead atoms. The third-order valence-electron chi connectivity index (χ3n) is 3.10. The fourth-order valence-electron chi connectivity index (χ4n) is 1.93. The molecule has 2 rings (SSSR count). The Kier molecular flexibility index (Phi) is 5.16. The third kappa shape index (κ3) is 3.34. The molecular formula is C19H18S2. The number of rotatable bonds is 5. The molecule has 1 aromatic rings. The average Bonchev–Trinajstić information content (AvgIpc) is 2.51. The van der Waals surface area contributed by atoms with E-state index in [0.717, 1.165) is 21.0 Å². The van der Waals surface area contributed by atoms with Gasteiger partial charge in [0.2, 0.25) is 0 Å². The Hall–Kier alpha value is -1.64. The number of hydrogen-bond acceptors (Lipinski definition) is 2. The predicted molar refractivity (Wildman–Crippen MR) is 97.7 cm³/mol. The van der Waals surface area contributed by atoms with Crippen molar-refractivity contribution in [1.82, 2.24) is 0 Å². The molecule has 0 saturated carbocycles. The van der Waals surface area contributed by atoms with E-state index in [-0.39, 0.29) is 0 Å². The van der Waals surface area contributed by atoms with Crippen molar-refractivity contribution in [2.75, 3.05) is 0 Å². The van der Waals surface area contributed by atoms with Gasteiger partial charge in [-0.25, -0.2) is 0 Å². The third-order valence-corrected chi connectivity index (χ3v) is 5.93. The Morgan fingerprint density at radius 3 is 2.57 bits per heavy atom. The summed E-state index contributed by atoms with van der Waals surface area (Å²) in [7, 11) is 0. The summed E-state index contributed by atoms with van der Waals surface area (Å²) in [5, 5.41) is 0. The zero-order valence-electron chi connectivity index (χ0n) is 12.2. The number of fused-ring (bicyclic) bond motifs is 1. The molecule has 0 saturated heterocycles. The molecule has 0 nitrogen and oxygen atoms in total. The molecule has 1 heterocycles. The normalized spacial score (nSPS) is 14.0. The lowest BCUT2D eigenvalue weighted by Gasteiger charge is -2.23. The van der Waals surface area contributed by atoms with Crippen molar-refractivity contribution >= 4 is 23.5 Å². The minimum atomic E-state index is 0.898. The molecule has 0 aromatic heterocycles. The molecule has 1 aliphatic heterocycles. The number of thioether (sulfide) groups is 2. The van der Waals surface area contributed by atoms with Crippen LogP contribution in [0, 0.1) is 6.92 Å². The average molecular weight is 310 g/mol. The Balaban J connectivity index is 2.40. The summed E-state index contributed by atoms with van der Waals surface area (Å²) in [6.07, 6.45) is 7.44. The van der Waals surface area contributed by atoms with E-state index >= 15 is 0 Å². The summed E-state index contributed by atoms with van der Waals surface area (Å²) < 4.78 is 0. The summed E-state index contributed by atoms with van der Waals surface area (Å²) in [5.41, 5.74) is 3.12. The van der Waals surface area contributed by atoms with Gasteiger partial charge in [-0.15, -0.1) is 0 Å². The van der Waals surface area contributed by atoms with Crippen LogP contribution in [-0.4, -0.2) is 0 Å². The second-order valence-electron chi connectivity index (χ2n) is 4.60. The van der Waals surface area contributed by atoms with Crippen LogP contribution in [0.5, 0.6) is 0 Å². The predicted octanol–water partition coefficient (Wildman–Crippen LogP) is 6.45. The van der Waals surface area contributed by atoms with E-state index in [1.165, 1.54) is 15.4 Å². The topological polar surface area (TPSA) is 0 Å². The standard InChI is InChI=1S/C19H18S2/c1-6-8-10-13(3)15(5)19-16(7-2)20-17-12-9-11-14(4)18(17)21-19/h6-12H,1-3,5H2,4H3/b10-8-. The summed E-state index contributed by atoms with van der Waals surface area (Å²) >= 11 is 3.50. The molecule has 0 unspecified atom stereocenters. The minimum Gasteiger partial charge on any atom is -0.0991 e. The van der Waals surface area contributed by atoms with Crippen LogP contribution in [0.3, 0.4) is 0 Å². The smallest absolute Gasteiger partial charge is 0.0334 e. The Morgan fingerprint density at radius 2 is 1.90 bits per heavy atom. The quantitative estimate of drug-likeness (QED) is 0.573. The minimum absolute atomic E-state index is 0.898. The van der Waals surface area contributed by atoms with E-state index in [1.54, 1.807) is 29.6 Å². The Labute approximate surface area is 135 Å². The molecule has 0 radical (unpaired) electrons. The van der Waals surface area contributed by atoms with Gasteiger partial charge in [-0.3, -0.25) is 0 Å². The van der Waals surface area contributed by atoms with E-state index < -0.39 is 0 Å². The molecule has 0 amide bonds. The van der Waals surface area contributed by atoms with Crippen molar-refractivity contribution in [3.8, 4) is 0 Å². The fraction of sp³-hybridized carbons (Fsp3) is 0.0526. The van der Waals surface area contributed by atoms with Crippen LogP contribution >= 0.6 is 23.5 Å². The van der Waals surface area contributed by atoms with Crippen molar-refractivity contribution < 1.29 is 0 Å². The van der Waals surface area contributed by atoms with Crippen molar-refractivity contribution in [2.24, 2.45) is 0 Å². The van der Waals surface area contributed by atoms with Gasteiger partial charge in [0.05, 0.1) is 0 Å². The van der Waals surface area contributed by atoms with E-state index in [4.69, 9.17) is 0 Å². The van der Waals surface area contributed by atoms with Gasteiger partial charge in [0.15, 0.2) is 0 Å². The monoisotopic (exact) mass is 310 g/mol. The zero-order valence-corrected chi connectivity index (χ0v) is 13.8. The molecule has 0 atom stereocenters. The van der Waals surface area contributed by atoms with Gasteiger partial charge in [-0.05, 0) is 29.7 Å². The summed E-state index contributed by atoms with van der Waals surface area (Å²) in [5.74, 6) is 0.